The van der Waals surface area contributed by atoms with Crippen LogP contribution in [0.15, 0.2) is 34.9 Å². The van der Waals surface area contributed by atoms with Crippen molar-refractivity contribution in [3.8, 4) is 0 Å². The Hall–Kier alpha value is -2.56. The summed E-state index contributed by atoms with van der Waals surface area (Å²) in [7, 11) is 0. The number of carbonyl (C=O) groups excluding carboxylic acids is 1. The summed E-state index contributed by atoms with van der Waals surface area (Å²) in [5.74, 6) is -1.21. The Morgan fingerprint density at radius 3 is 2.52 bits per heavy atom. The van der Waals surface area contributed by atoms with Gasteiger partial charge in [0.15, 0.2) is 0 Å². The minimum Gasteiger partial charge on any atom is -0.481 e. The van der Waals surface area contributed by atoms with E-state index in [0.29, 0.717) is 16.8 Å². The lowest BCUT2D eigenvalue weighted by molar-refractivity contribution is -0.136. The normalized spacial score (nSPS) is 10.5. The highest BCUT2D eigenvalue weighted by atomic mass is 16.4. The smallest absolute Gasteiger partial charge is 0.311 e. The van der Waals surface area contributed by atoms with Gasteiger partial charge in [-0.2, -0.15) is 0 Å². The number of unbranched alkanes of at least 4 members (excludes halogenated alkanes) is 1. The first-order chi connectivity index (χ1) is 11.0. The van der Waals surface area contributed by atoms with Crippen molar-refractivity contribution in [2.75, 3.05) is 5.32 Å². The van der Waals surface area contributed by atoms with Gasteiger partial charge in [-0.05, 0) is 37.5 Å². The maximum atomic E-state index is 12.4. The maximum Gasteiger partial charge on any atom is 0.311 e. The topological polar surface area (TPSA) is 79.5 Å². The van der Waals surface area contributed by atoms with Crippen molar-refractivity contribution in [1.29, 1.82) is 0 Å². The molecule has 0 atom stereocenters. The zero-order valence-corrected chi connectivity index (χ0v) is 13.4. The molecule has 23 heavy (non-hydrogen) atoms. The number of amides is 1. The number of nitrogens with one attached hydrogen (secondary N) is 1. The van der Waals surface area contributed by atoms with Crippen LogP contribution in [0.25, 0.3) is 0 Å². The second-order valence-electron chi connectivity index (χ2n) is 5.54. The molecule has 0 saturated carbocycles. The predicted octanol–water partition coefficient (Wildman–Crippen LogP) is 3.81. The van der Waals surface area contributed by atoms with Gasteiger partial charge in [0.25, 0.3) is 5.91 Å². The van der Waals surface area contributed by atoms with E-state index in [9.17, 15) is 9.59 Å². The van der Waals surface area contributed by atoms with Gasteiger partial charge in [0, 0.05) is 11.3 Å². The van der Waals surface area contributed by atoms with Gasteiger partial charge in [-0.25, -0.2) is 0 Å². The molecule has 0 unspecified atom stereocenters. The number of hydrogen-bond donors (Lipinski definition) is 2. The summed E-state index contributed by atoms with van der Waals surface area (Å²) in [6.07, 6.45) is 4.39. The predicted molar refractivity (Wildman–Crippen MR) is 87.8 cm³/mol. The molecular weight excluding hydrogens is 294 g/mol. The largest absolute Gasteiger partial charge is 0.481 e. The fourth-order valence-electron chi connectivity index (χ4n) is 2.40. The van der Waals surface area contributed by atoms with Crippen molar-refractivity contribution >= 4 is 17.6 Å². The van der Waals surface area contributed by atoms with E-state index in [0.717, 1.165) is 19.3 Å². The Morgan fingerprint density at radius 1 is 1.22 bits per heavy atom. The molecule has 0 aliphatic carbocycles. The first kappa shape index (κ1) is 16.8. The Labute approximate surface area is 135 Å². The standard InChI is InChI=1S/C18H21NO4/c1-3-4-5-13-6-8-14(9-7-13)19-18(22)17-12(2)11-23-15(17)10-16(20)21/h6-9,11H,3-5,10H2,1-2H3,(H,19,22)(H,20,21). The van der Waals surface area contributed by atoms with Gasteiger partial charge in [-0.15, -0.1) is 0 Å². The fraction of sp³-hybridized carbons (Fsp3) is 0.333. The van der Waals surface area contributed by atoms with Crippen LogP contribution in [-0.4, -0.2) is 17.0 Å². The Morgan fingerprint density at radius 2 is 1.91 bits per heavy atom. The third kappa shape index (κ3) is 4.45. The van der Waals surface area contributed by atoms with E-state index in [1.54, 1.807) is 6.92 Å². The quantitative estimate of drug-likeness (QED) is 0.814. The lowest BCUT2D eigenvalue weighted by atomic mass is 10.1. The van der Waals surface area contributed by atoms with Crippen molar-refractivity contribution in [1.82, 2.24) is 0 Å². The molecule has 5 heteroatoms. The number of carboxylic acid groups (broad SMARTS) is 1. The minimum atomic E-state index is -1.03. The number of benzene rings is 1. The molecule has 2 aromatic rings. The van der Waals surface area contributed by atoms with Crippen LogP contribution in [0.3, 0.4) is 0 Å². The van der Waals surface area contributed by atoms with Gasteiger partial charge in [-0.3, -0.25) is 9.59 Å². The third-order valence-electron chi connectivity index (χ3n) is 3.62. The zero-order valence-electron chi connectivity index (χ0n) is 13.4. The average Bonchev–Trinajstić information content (AvgIpc) is 2.86. The van der Waals surface area contributed by atoms with Gasteiger partial charge in [-0.1, -0.05) is 25.5 Å². The molecule has 5 nitrogen and oxygen atoms in total. The van der Waals surface area contributed by atoms with Crippen LogP contribution in [-0.2, 0) is 17.6 Å². The van der Waals surface area contributed by atoms with E-state index in [1.165, 1.54) is 11.8 Å². The lowest BCUT2D eigenvalue weighted by Gasteiger charge is -2.07. The van der Waals surface area contributed by atoms with E-state index in [2.05, 4.69) is 12.2 Å². The van der Waals surface area contributed by atoms with E-state index in [4.69, 9.17) is 9.52 Å². The number of carbonyl (C=O) groups is 2. The molecule has 1 heterocycles. The average molecular weight is 315 g/mol. The molecule has 1 aromatic heterocycles. The summed E-state index contributed by atoms with van der Waals surface area (Å²) < 4.78 is 5.19. The van der Waals surface area contributed by atoms with Crippen molar-refractivity contribution in [3.05, 3.63) is 53.0 Å². The molecule has 0 spiro atoms. The molecule has 2 rings (SSSR count). The molecule has 122 valence electrons. The molecule has 0 saturated heterocycles. The van der Waals surface area contributed by atoms with Crippen LogP contribution < -0.4 is 5.32 Å². The second-order valence-corrected chi connectivity index (χ2v) is 5.54. The molecule has 0 bridgehead atoms. The highest BCUT2D eigenvalue weighted by molar-refractivity contribution is 6.06. The molecule has 1 aromatic carbocycles. The van der Waals surface area contributed by atoms with Gasteiger partial charge >= 0.3 is 5.97 Å². The fourth-order valence-corrected chi connectivity index (χ4v) is 2.40. The number of furan rings is 1. The van der Waals surface area contributed by atoms with Crippen LogP contribution in [0.2, 0.25) is 0 Å². The van der Waals surface area contributed by atoms with Crippen molar-refractivity contribution < 1.29 is 19.1 Å². The first-order valence-corrected chi connectivity index (χ1v) is 7.70. The number of hydrogen-bond acceptors (Lipinski definition) is 3. The van der Waals surface area contributed by atoms with Gasteiger partial charge in [0.2, 0.25) is 0 Å². The molecule has 2 N–H and O–H groups in total. The van der Waals surface area contributed by atoms with E-state index in [1.807, 2.05) is 24.3 Å². The molecular formula is C18H21NO4. The monoisotopic (exact) mass is 315 g/mol. The van der Waals surface area contributed by atoms with Gasteiger partial charge in [0.05, 0.1) is 11.8 Å². The minimum absolute atomic E-state index is 0.173. The number of anilines is 1. The molecule has 0 fully saturated rings. The van der Waals surface area contributed by atoms with Crippen LogP contribution in [0, 0.1) is 6.92 Å². The molecule has 0 aliphatic rings. The van der Waals surface area contributed by atoms with Gasteiger partial charge in [0.1, 0.15) is 12.2 Å². The van der Waals surface area contributed by atoms with E-state index in [-0.39, 0.29) is 18.1 Å². The van der Waals surface area contributed by atoms with E-state index >= 15 is 0 Å². The molecule has 0 aliphatic heterocycles. The summed E-state index contributed by atoms with van der Waals surface area (Å²) in [5, 5.41) is 11.7. The number of rotatable bonds is 7. The molecule has 0 radical (unpaired) electrons. The maximum absolute atomic E-state index is 12.4. The van der Waals surface area contributed by atoms with Crippen molar-refractivity contribution in [2.45, 2.75) is 39.5 Å². The van der Waals surface area contributed by atoms with Gasteiger partial charge < -0.3 is 14.8 Å². The highest BCUT2D eigenvalue weighted by Gasteiger charge is 2.20. The third-order valence-corrected chi connectivity index (χ3v) is 3.62. The summed E-state index contributed by atoms with van der Waals surface area (Å²) in [6.45, 7) is 3.87. The van der Waals surface area contributed by atoms with Crippen LogP contribution in [0.5, 0.6) is 0 Å². The van der Waals surface area contributed by atoms with Crippen molar-refractivity contribution in [2.24, 2.45) is 0 Å². The Bertz CT molecular complexity index is 686. The molecule has 1 amide bonds. The van der Waals surface area contributed by atoms with E-state index < -0.39 is 5.97 Å². The van der Waals surface area contributed by atoms with Crippen LogP contribution >= 0.6 is 0 Å². The SMILES string of the molecule is CCCCc1ccc(NC(=O)c2c(C)coc2CC(=O)O)cc1. The second kappa shape index (κ2) is 7.63. The summed E-state index contributed by atoms with van der Waals surface area (Å²) in [5.41, 5.74) is 2.83. The number of aliphatic carboxylic acids is 1. The first-order valence-electron chi connectivity index (χ1n) is 7.70. The van der Waals surface area contributed by atoms with Crippen LogP contribution in [0.4, 0.5) is 5.69 Å². The Kier molecular flexibility index (Phi) is 5.57. The zero-order chi connectivity index (χ0) is 16.8. The summed E-state index contributed by atoms with van der Waals surface area (Å²) >= 11 is 0. The number of aryl methyl sites for hydroxylation is 2. The lowest BCUT2D eigenvalue weighted by Crippen LogP contribution is -2.15. The highest BCUT2D eigenvalue weighted by Crippen LogP contribution is 2.20. The summed E-state index contributed by atoms with van der Waals surface area (Å²) in [4.78, 5) is 23.2. The van der Waals surface area contributed by atoms with Crippen LogP contribution in [0.1, 0.15) is 47.0 Å². The Balaban J connectivity index is 2.10. The van der Waals surface area contributed by atoms with Crippen molar-refractivity contribution in [3.63, 3.8) is 0 Å². The summed E-state index contributed by atoms with van der Waals surface area (Å²) in [6, 6.07) is 7.70. The number of carboxylic acids is 1.